The highest BCUT2D eigenvalue weighted by molar-refractivity contribution is 6.10. The minimum atomic E-state index is 0.0871. The van der Waals surface area contributed by atoms with Crippen LogP contribution in [0.2, 0.25) is 0 Å². The molecule has 1 aliphatic carbocycles. The molecule has 4 aromatic carbocycles. The fourth-order valence-electron chi connectivity index (χ4n) is 5.96. The number of aromatic nitrogens is 2. The van der Waals surface area contributed by atoms with Gasteiger partial charge in [0.25, 0.3) is 0 Å². The quantitative estimate of drug-likeness (QED) is 0.268. The smallest absolute Gasteiger partial charge is 0.217 e. The van der Waals surface area contributed by atoms with E-state index in [-0.39, 0.29) is 12.1 Å². The van der Waals surface area contributed by atoms with Gasteiger partial charge in [0.05, 0.1) is 16.7 Å². The van der Waals surface area contributed by atoms with Gasteiger partial charge in [-0.2, -0.15) is 0 Å². The third kappa shape index (κ3) is 3.15. The second kappa shape index (κ2) is 7.90. The molecule has 0 fully saturated rings. The highest BCUT2D eigenvalue weighted by Crippen LogP contribution is 2.41. The van der Waals surface area contributed by atoms with Crippen molar-refractivity contribution in [3.05, 3.63) is 132 Å². The lowest BCUT2D eigenvalue weighted by molar-refractivity contribution is 0.206. The van der Waals surface area contributed by atoms with Gasteiger partial charge in [0.2, 0.25) is 5.90 Å². The van der Waals surface area contributed by atoms with Gasteiger partial charge in [-0.1, -0.05) is 66.7 Å². The van der Waals surface area contributed by atoms with E-state index in [1.807, 2.05) is 18.3 Å². The molecule has 0 N–H and O–H groups in total. The van der Waals surface area contributed by atoms with E-state index >= 15 is 0 Å². The van der Waals surface area contributed by atoms with Crippen LogP contribution >= 0.6 is 0 Å². The highest BCUT2D eigenvalue weighted by atomic mass is 16.5. The van der Waals surface area contributed by atoms with E-state index in [1.165, 1.54) is 27.4 Å². The SMILES string of the molecule is c1ccc(-c2ccc3c4ccccc4n(-c4cccc(C5=N[C@H]6c7ccccc7C[C@H]6O5)c4)c3c2)nc1. The summed E-state index contributed by atoms with van der Waals surface area (Å²) in [4.78, 5) is 9.62. The van der Waals surface area contributed by atoms with E-state index in [1.54, 1.807) is 0 Å². The number of rotatable bonds is 3. The second-order valence-electron chi connectivity index (χ2n) is 9.79. The predicted octanol–water partition coefficient (Wildman–Crippen LogP) is 7.29. The number of fused-ring (bicyclic) bond motifs is 6. The van der Waals surface area contributed by atoms with Crippen molar-refractivity contribution < 1.29 is 4.74 Å². The Labute approximate surface area is 214 Å². The number of nitrogens with zero attached hydrogens (tertiary/aromatic N) is 3. The minimum Gasteiger partial charge on any atom is -0.471 e. The van der Waals surface area contributed by atoms with Gasteiger partial charge in [-0.15, -0.1) is 0 Å². The van der Waals surface area contributed by atoms with Crippen LogP contribution in [-0.2, 0) is 11.2 Å². The van der Waals surface area contributed by atoms with Crippen LogP contribution < -0.4 is 0 Å². The van der Waals surface area contributed by atoms with Gasteiger partial charge < -0.3 is 9.30 Å². The topological polar surface area (TPSA) is 39.4 Å². The monoisotopic (exact) mass is 477 g/mol. The molecule has 0 unspecified atom stereocenters. The first-order valence-corrected chi connectivity index (χ1v) is 12.7. The fraction of sp³-hybridized carbons (Fsp3) is 0.0909. The third-order valence-electron chi connectivity index (χ3n) is 7.65. The van der Waals surface area contributed by atoms with Crippen LogP contribution in [0.15, 0.2) is 120 Å². The Hall–Kier alpha value is -4.70. The summed E-state index contributed by atoms with van der Waals surface area (Å²) in [7, 11) is 0. The third-order valence-corrected chi connectivity index (χ3v) is 7.65. The molecule has 37 heavy (non-hydrogen) atoms. The van der Waals surface area contributed by atoms with Gasteiger partial charge in [0.1, 0.15) is 12.1 Å². The van der Waals surface area contributed by atoms with Gasteiger partial charge in [-0.05, 0) is 53.6 Å². The molecule has 8 rings (SSSR count). The van der Waals surface area contributed by atoms with Gasteiger partial charge in [-0.25, -0.2) is 4.99 Å². The van der Waals surface area contributed by atoms with Crippen molar-refractivity contribution in [3.63, 3.8) is 0 Å². The summed E-state index contributed by atoms with van der Waals surface area (Å²) in [5.74, 6) is 0.737. The molecule has 1 aliphatic heterocycles. The molecule has 2 aromatic heterocycles. The van der Waals surface area contributed by atoms with Crippen molar-refractivity contribution in [1.29, 1.82) is 0 Å². The summed E-state index contributed by atoms with van der Waals surface area (Å²) in [5.41, 5.74) is 9.14. The summed E-state index contributed by atoms with van der Waals surface area (Å²) in [6.07, 6.45) is 2.84. The molecule has 4 nitrogen and oxygen atoms in total. The van der Waals surface area contributed by atoms with E-state index < -0.39 is 0 Å². The maximum atomic E-state index is 6.41. The van der Waals surface area contributed by atoms with E-state index in [0.717, 1.165) is 40.3 Å². The van der Waals surface area contributed by atoms with Crippen LogP contribution in [0.25, 0.3) is 38.8 Å². The number of benzene rings is 4. The van der Waals surface area contributed by atoms with E-state index in [4.69, 9.17) is 9.73 Å². The molecular weight excluding hydrogens is 454 g/mol. The van der Waals surface area contributed by atoms with Crippen LogP contribution in [0, 0.1) is 0 Å². The van der Waals surface area contributed by atoms with Crippen molar-refractivity contribution in [2.24, 2.45) is 4.99 Å². The Morgan fingerprint density at radius 3 is 2.51 bits per heavy atom. The van der Waals surface area contributed by atoms with E-state index in [0.29, 0.717) is 0 Å². The largest absolute Gasteiger partial charge is 0.471 e. The van der Waals surface area contributed by atoms with Gasteiger partial charge in [0, 0.05) is 40.2 Å². The zero-order valence-electron chi connectivity index (χ0n) is 20.1. The number of pyridine rings is 1. The molecule has 6 aromatic rings. The Balaban J connectivity index is 1.28. The van der Waals surface area contributed by atoms with Crippen molar-refractivity contribution in [3.8, 4) is 16.9 Å². The number of ether oxygens (including phenoxy) is 1. The molecular formula is C33H23N3O. The van der Waals surface area contributed by atoms with Gasteiger partial charge >= 0.3 is 0 Å². The van der Waals surface area contributed by atoms with Crippen LogP contribution in [0.5, 0.6) is 0 Å². The van der Waals surface area contributed by atoms with Crippen molar-refractivity contribution >= 4 is 27.7 Å². The molecule has 0 bridgehead atoms. The molecule has 4 heteroatoms. The first-order chi connectivity index (χ1) is 18.3. The molecule has 2 aliphatic rings. The normalized spacial score (nSPS) is 18.0. The Morgan fingerprint density at radius 2 is 1.57 bits per heavy atom. The molecule has 0 saturated heterocycles. The molecule has 0 radical (unpaired) electrons. The summed E-state index contributed by atoms with van der Waals surface area (Å²) in [6, 6.07) is 38.5. The number of hydrogen-bond donors (Lipinski definition) is 0. The minimum absolute atomic E-state index is 0.0871. The molecule has 2 atom stereocenters. The van der Waals surface area contributed by atoms with Crippen LogP contribution in [0.1, 0.15) is 22.7 Å². The van der Waals surface area contributed by atoms with E-state index in [9.17, 15) is 0 Å². The Kier molecular flexibility index (Phi) is 4.38. The standard InChI is InChI=1S/C33H23N3O/c1-2-11-25-21(8-1)20-31-32(25)35-33(37-31)23-9-7-10-24(18-23)36-29-14-4-3-12-26(29)27-16-15-22(19-30(27)36)28-13-5-6-17-34-28/h1-19,31-32H,20H2/t31-,32+/m1/s1. The fourth-order valence-corrected chi connectivity index (χ4v) is 5.96. The zero-order chi connectivity index (χ0) is 24.3. The number of aliphatic imine (C=N–C) groups is 1. The first kappa shape index (κ1) is 20.5. The summed E-state index contributed by atoms with van der Waals surface area (Å²) in [5, 5.41) is 2.46. The highest BCUT2D eigenvalue weighted by Gasteiger charge is 2.39. The van der Waals surface area contributed by atoms with Crippen molar-refractivity contribution in [2.45, 2.75) is 18.6 Å². The lowest BCUT2D eigenvalue weighted by atomic mass is 10.1. The van der Waals surface area contributed by atoms with Crippen molar-refractivity contribution in [1.82, 2.24) is 9.55 Å². The number of hydrogen-bond acceptors (Lipinski definition) is 3. The molecule has 0 saturated carbocycles. The lowest BCUT2D eigenvalue weighted by Gasteiger charge is -2.12. The van der Waals surface area contributed by atoms with Crippen LogP contribution in [0.3, 0.4) is 0 Å². The van der Waals surface area contributed by atoms with Crippen molar-refractivity contribution in [2.75, 3.05) is 0 Å². The molecule has 0 amide bonds. The Bertz CT molecular complexity index is 1850. The summed E-state index contributed by atoms with van der Waals surface area (Å²) in [6.45, 7) is 0. The molecule has 0 spiro atoms. The average Bonchev–Trinajstić information content (AvgIpc) is 3.63. The number of para-hydroxylation sites is 1. The molecule has 3 heterocycles. The predicted molar refractivity (Wildman–Crippen MR) is 148 cm³/mol. The summed E-state index contributed by atoms with van der Waals surface area (Å²) >= 11 is 0. The van der Waals surface area contributed by atoms with Crippen LogP contribution in [0.4, 0.5) is 0 Å². The first-order valence-electron chi connectivity index (χ1n) is 12.7. The maximum absolute atomic E-state index is 6.41. The zero-order valence-corrected chi connectivity index (χ0v) is 20.1. The summed E-state index contributed by atoms with van der Waals surface area (Å²) < 4.78 is 8.75. The Morgan fingerprint density at radius 1 is 0.703 bits per heavy atom. The average molecular weight is 478 g/mol. The lowest BCUT2D eigenvalue weighted by Crippen LogP contribution is -2.13. The molecule has 176 valence electrons. The maximum Gasteiger partial charge on any atom is 0.217 e. The van der Waals surface area contributed by atoms with Crippen LogP contribution in [-0.4, -0.2) is 21.6 Å². The van der Waals surface area contributed by atoms with Gasteiger partial charge in [0.15, 0.2) is 0 Å². The second-order valence-corrected chi connectivity index (χ2v) is 9.79. The van der Waals surface area contributed by atoms with Gasteiger partial charge in [-0.3, -0.25) is 4.98 Å². The van der Waals surface area contributed by atoms with E-state index in [2.05, 4.69) is 107 Å².